The Labute approximate surface area is 87.5 Å². The molecule has 1 aliphatic carbocycles. The van der Waals surface area contributed by atoms with E-state index in [4.69, 9.17) is 11.6 Å². The van der Waals surface area contributed by atoms with Gasteiger partial charge in [0.25, 0.3) is 0 Å². The van der Waals surface area contributed by atoms with Crippen molar-refractivity contribution in [3.8, 4) is 0 Å². The summed E-state index contributed by atoms with van der Waals surface area (Å²) in [4.78, 5) is 0. The zero-order chi connectivity index (χ0) is 10.1. The smallest absolute Gasteiger partial charge is 0.147 e. The van der Waals surface area contributed by atoms with Crippen LogP contribution in [0.15, 0.2) is 18.2 Å². The molecule has 1 aliphatic rings. The molecule has 0 heterocycles. The lowest BCUT2D eigenvalue weighted by atomic mass is 9.79. The van der Waals surface area contributed by atoms with E-state index in [0.29, 0.717) is 5.56 Å². The maximum absolute atomic E-state index is 13.5. The lowest BCUT2D eigenvalue weighted by Gasteiger charge is -2.30. The van der Waals surface area contributed by atoms with Crippen molar-refractivity contribution in [2.45, 2.75) is 25.4 Å². The fourth-order valence-corrected chi connectivity index (χ4v) is 1.94. The van der Waals surface area contributed by atoms with E-state index < -0.39 is 11.9 Å². The predicted octanol–water partition coefficient (Wildman–Crippen LogP) is 3.31. The van der Waals surface area contributed by atoms with Crippen molar-refractivity contribution < 1.29 is 9.50 Å². The van der Waals surface area contributed by atoms with Crippen molar-refractivity contribution in [2.24, 2.45) is 5.92 Å². The molecule has 76 valence electrons. The second kappa shape index (κ2) is 3.87. The maximum Gasteiger partial charge on any atom is 0.147 e. The molecule has 3 heteroatoms. The molecule has 1 atom stereocenters. The van der Waals surface area contributed by atoms with Gasteiger partial charge < -0.3 is 5.11 Å². The summed E-state index contributed by atoms with van der Waals surface area (Å²) in [6.45, 7) is 0. The van der Waals surface area contributed by atoms with E-state index in [9.17, 15) is 9.50 Å². The van der Waals surface area contributed by atoms with Gasteiger partial charge in [-0.05, 0) is 24.8 Å². The molecule has 0 aromatic heterocycles. The SMILES string of the molecule is OC(c1cccc(Cl)c1F)C1CCC1. The standard InChI is InChI=1S/C11H12ClFO/c12-9-6-2-5-8(10(9)13)11(14)7-3-1-4-7/h2,5-7,11,14H,1,3-4H2. The molecule has 1 saturated carbocycles. The van der Waals surface area contributed by atoms with Crippen LogP contribution in [0.1, 0.15) is 30.9 Å². The largest absolute Gasteiger partial charge is 0.388 e. The Morgan fingerprint density at radius 2 is 2.14 bits per heavy atom. The van der Waals surface area contributed by atoms with E-state index in [2.05, 4.69) is 0 Å². The van der Waals surface area contributed by atoms with Gasteiger partial charge in [-0.25, -0.2) is 4.39 Å². The minimum absolute atomic E-state index is 0.0841. The van der Waals surface area contributed by atoms with Crippen LogP contribution in [0.2, 0.25) is 5.02 Å². The molecule has 1 fully saturated rings. The number of rotatable bonds is 2. The van der Waals surface area contributed by atoms with Crippen LogP contribution >= 0.6 is 11.6 Å². The van der Waals surface area contributed by atoms with Crippen molar-refractivity contribution in [3.05, 3.63) is 34.6 Å². The number of aliphatic hydroxyl groups excluding tert-OH is 1. The van der Waals surface area contributed by atoms with E-state index in [1.54, 1.807) is 12.1 Å². The quantitative estimate of drug-likeness (QED) is 0.801. The first-order valence-corrected chi connectivity index (χ1v) is 5.20. The average Bonchev–Trinajstić information content (AvgIpc) is 2.06. The van der Waals surface area contributed by atoms with Crippen LogP contribution in [0, 0.1) is 11.7 Å². The van der Waals surface area contributed by atoms with Gasteiger partial charge in [0, 0.05) is 5.56 Å². The molecule has 0 radical (unpaired) electrons. The zero-order valence-corrected chi connectivity index (χ0v) is 8.47. The Morgan fingerprint density at radius 3 is 2.71 bits per heavy atom. The Kier molecular flexibility index (Phi) is 2.75. The highest BCUT2D eigenvalue weighted by molar-refractivity contribution is 6.30. The van der Waals surface area contributed by atoms with Crippen LogP contribution in [-0.2, 0) is 0 Å². The summed E-state index contributed by atoms with van der Waals surface area (Å²) in [7, 11) is 0. The van der Waals surface area contributed by atoms with Gasteiger partial charge in [-0.15, -0.1) is 0 Å². The molecule has 1 aromatic carbocycles. The lowest BCUT2D eigenvalue weighted by Crippen LogP contribution is -2.20. The molecule has 1 aromatic rings. The van der Waals surface area contributed by atoms with E-state index >= 15 is 0 Å². The molecule has 1 unspecified atom stereocenters. The van der Waals surface area contributed by atoms with Gasteiger partial charge in [0.1, 0.15) is 5.82 Å². The summed E-state index contributed by atoms with van der Waals surface area (Å²) >= 11 is 5.64. The molecule has 0 bridgehead atoms. The van der Waals surface area contributed by atoms with Gasteiger partial charge in [-0.1, -0.05) is 30.2 Å². The van der Waals surface area contributed by atoms with Gasteiger partial charge in [-0.3, -0.25) is 0 Å². The first-order valence-electron chi connectivity index (χ1n) is 4.82. The summed E-state index contributed by atoms with van der Waals surface area (Å²) in [5, 5.41) is 9.93. The summed E-state index contributed by atoms with van der Waals surface area (Å²) in [6, 6.07) is 4.76. The Balaban J connectivity index is 2.26. The first-order chi connectivity index (χ1) is 6.70. The fraction of sp³-hybridized carbons (Fsp3) is 0.455. The summed E-state index contributed by atoms with van der Waals surface area (Å²) in [5.41, 5.74) is 0.335. The van der Waals surface area contributed by atoms with Crippen molar-refractivity contribution in [1.29, 1.82) is 0 Å². The molecule has 1 N–H and O–H groups in total. The number of halogens is 2. The van der Waals surface area contributed by atoms with Crippen LogP contribution in [0.25, 0.3) is 0 Å². The monoisotopic (exact) mass is 214 g/mol. The van der Waals surface area contributed by atoms with Crippen LogP contribution in [0.5, 0.6) is 0 Å². The Hall–Kier alpha value is -0.600. The summed E-state index contributed by atoms with van der Waals surface area (Å²) in [6.07, 6.45) is 2.40. The van der Waals surface area contributed by atoms with Crippen LogP contribution < -0.4 is 0 Å². The topological polar surface area (TPSA) is 20.2 Å². The van der Waals surface area contributed by atoms with Crippen LogP contribution in [0.3, 0.4) is 0 Å². The Bertz CT molecular complexity index is 336. The maximum atomic E-state index is 13.5. The van der Waals surface area contributed by atoms with Crippen molar-refractivity contribution >= 4 is 11.6 Å². The lowest BCUT2D eigenvalue weighted by molar-refractivity contribution is 0.0592. The predicted molar refractivity (Wildman–Crippen MR) is 53.7 cm³/mol. The van der Waals surface area contributed by atoms with Gasteiger partial charge in [0.15, 0.2) is 0 Å². The third-order valence-electron chi connectivity index (χ3n) is 2.90. The second-order valence-electron chi connectivity index (χ2n) is 3.78. The highest BCUT2D eigenvalue weighted by Gasteiger charge is 2.28. The van der Waals surface area contributed by atoms with Crippen molar-refractivity contribution in [3.63, 3.8) is 0 Å². The number of hydrogen-bond donors (Lipinski definition) is 1. The minimum atomic E-state index is -0.692. The van der Waals surface area contributed by atoms with E-state index in [0.717, 1.165) is 19.3 Å². The van der Waals surface area contributed by atoms with E-state index in [1.165, 1.54) is 6.07 Å². The average molecular weight is 215 g/mol. The molecule has 0 aliphatic heterocycles. The zero-order valence-electron chi connectivity index (χ0n) is 7.71. The van der Waals surface area contributed by atoms with Crippen LogP contribution in [0.4, 0.5) is 4.39 Å². The van der Waals surface area contributed by atoms with Gasteiger partial charge >= 0.3 is 0 Å². The van der Waals surface area contributed by atoms with E-state index in [-0.39, 0.29) is 10.9 Å². The molecule has 2 rings (SSSR count). The number of hydrogen-bond acceptors (Lipinski definition) is 1. The van der Waals surface area contributed by atoms with Gasteiger partial charge in [0.05, 0.1) is 11.1 Å². The summed E-state index contributed by atoms with van der Waals surface area (Å²) in [5.74, 6) is -0.267. The van der Waals surface area contributed by atoms with Crippen molar-refractivity contribution in [2.75, 3.05) is 0 Å². The first kappa shape index (κ1) is 9.94. The van der Waals surface area contributed by atoms with Gasteiger partial charge in [-0.2, -0.15) is 0 Å². The molecular formula is C11H12ClFO. The molecule has 0 spiro atoms. The molecule has 0 saturated heterocycles. The third kappa shape index (κ3) is 1.64. The molecular weight excluding hydrogens is 203 g/mol. The molecule has 0 amide bonds. The second-order valence-corrected chi connectivity index (χ2v) is 4.19. The normalized spacial score (nSPS) is 19.1. The van der Waals surface area contributed by atoms with E-state index in [1.807, 2.05) is 0 Å². The van der Waals surface area contributed by atoms with Crippen molar-refractivity contribution in [1.82, 2.24) is 0 Å². The van der Waals surface area contributed by atoms with Crippen LogP contribution in [-0.4, -0.2) is 5.11 Å². The highest BCUT2D eigenvalue weighted by Crippen LogP contribution is 2.39. The minimum Gasteiger partial charge on any atom is -0.388 e. The fourth-order valence-electron chi connectivity index (χ4n) is 1.76. The highest BCUT2D eigenvalue weighted by atomic mass is 35.5. The Morgan fingerprint density at radius 1 is 1.43 bits per heavy atom. The molecule has 1 nitrogen and oxygen atoms in total. The van der Waals surface area contributed by atoms with Gasteiger partial charge in [0.2, 0.25) is 0 Å². The summed E-state index contributed by atoms with van der Waals surface area (Å²) < 4.78 is 13.5. The molecule has 14 heavy (non-hydrogen) atoms. The third-order valence-corrected chi connectivity index (χ3v) is 3.19. The number of aliphatic hydroxyl groups is 1. The number of benzene rings is 1.